The van der Waals surface area contributed by atoms with E-state index in [1.807, 2.05) is 19.1 Å². The first-order valence-electron chi connectivity index (χ1n) is 13.5. The van der Waals surface area contributed by atoms with E-state index in [0.29, 0.717) is 47.4 Å². The Bertz CT molecular complexity index is 1310. The summed E-state index contributed by atoms with van der Waals surface area (Å²) in [4.78, 5) is 9.19. The molecule has 2 atom stereocenters. The smallest absolute Gasteiger partial charge is 0.296 e. The zero-order chi connectivity index (χ0) is 27.6. The summed E-state index contributed by atoms with van der Waals surface area (Å²) in [6.07, 6.45) is 4.34. The molecule has 1 aliphatic carbocycles. The van der Waals surface area contributed by atoms with Crippen LogP contribution in [0.25, 0.3) is 10.9 Å². The lowest BCUT2D eigenvalue weighted by molar-refractivity contribution is -0.103. The van der Waals surface area contributed by atoms with Gasteiger partial charge in [0.1, 0.15) is 24.4 Å². The third kappa shape index (κ3) is 6.33. The molecule has 1 saturated carbocycles. The number of benzene rings is 2. The number of rotatable bonds is 10. The summed E-state index contributed by atoms with van der Waals surface area (Å²) in [5, 5.41) is 4.10. The molecule has 8 nitrogen and oxygen atoms in total. The number of methoxy groups -OCH3 is 1. The highest BCUT2D eigenvalue weighted by Crippen LogP contribution is 2.38. The van der Waals surface area contributed by atoms with Crippen LogP contribution in [0, 0.1) is 6.92 Å². The van der Waals surface area contributed by atoms with Gasteiger partial charge in [-0.1, -0.05) is 12.8 Å². The van der Waals surface area contributed by atoms with Crippen LogP contribution in [0.15, 0.2) is 30.3 Å². The van der Waals surface area contributed by atoms with Crippen LogP contribution in [0.5, 0.6) is 11.5 Å². The molecule has 210 valence electrons. The van der Waals surface area contributed by atoms with Crippen molar-refractivity contribution in [3.05, 3.63) is 47.3 Å². The normalized spacial score (nSPS) is 18.9. The minimum atomic E-state index is -3.16. The van der Waals surface area contributed by atoms with E-state index >= 15 is 8.78 Å². The fraction of sp³-hybridized carbons (Fsp3) is 0.517. The van der Waals surface area contributed by atoms with Crippen molar-refractivity contribution in [3.8, 4) is 11.5 Å². The summed E-state index contributed by atoms with van der Waals surface area (Å²) in [7, 11) is 1.58. The predicted molar refractivity (Wildman–Crippen MR) is 146 cm³/mol. The highest BCUT2D eigenvalue weighted by Gasteiger charge is 2.34. The monoisotopic (exact) mass is 542 g/mol. The second kappa shape index (κ2) is 11.5. The van der Waals surface area contributed by atoms with Gasteiger partial charge in [0.25, 0.3) is 5.92 Å². The van der Waals surface area contributed by atoms with Crippen molar-refractivity contribution in [2.24, 2.45) is 0 Å². The molecule has 5 rings (SSSR count). The Hall–Kier alpha value is -3.24. The molecule has 0 radical (unpaired) electrons. The molecule has 2 aliphatic rings. The van der Waals surface area contributed by atoms with Gasteiger partial charge >= 0.3 is 0 Å². The zero-order valence-electron chi connectivity index (χ0n) is 22.6. The lowest BCUT2D eigenvalue weighted by Crippen LogP contribution is -2.25. The van der Waals surface area contributed by atoms with Crippen LogP contribution in [0.3, 0.4) is 0 Å². The molecule has 1 aromatic heterocycles. The number of aryl methyl sites for hydroxylation is 1. The number of nitrogen functional groups attached to an aromatic ring is 1. The summed E-state index contributed by atoms with van der Waals surface area (Å²) in [5.41, 5.74) is 7.47. The van der Waals surface area contributed by atoms with Crippen LogP contribution < -0.4 is 20.5 Å². The Morgan fingerprint density at radius 1 is 1.08 bits per heavy atom. The third-order valence-corrected chi connectivity index (χ3v) is 7.33. The van der Waals surface area contributed by atoms with Gasteiger partial charge in [-0.25, -0.2) is 9.97 Å². The van der Waals surface area contributed by atoms with Crippen molar-refractivity contribution >= 4 is 22.4 Å². The van der Waals surface area contributed by atoms with Crippen molar-refractivity contribution in [3.63, 3.8) is 0 Å². The summed E-state index contributed by atoms with van der Waals surface area (Å²) in [5.74, 6) is -0.913. The summed E-state index contributed by atoms with van der Waals surface area (Å²) in [6.45, 7) is 4.19. The first-order valence-corrected chi connectivity index (χ1v) is 13.5. The lowest BCUT2D eigenvalue weighted by Gasteiger charge is -2.23. The van der Waals surface area contributed by atoms with Gasteiger partial charge < -0.3 is 30.0 Å². The summed E-state index contributed by atoms with van der Waals surface area (Å²) < 4.78 is 53.0. The predicted octanol–water partition coefficient (Wildman–Crippen LogP) is 5.92. The highest BCUT2D eigenvalue weighted by molar-refractivity contribution is 5.92. The molecule has 0 unspecified atom stereocenters. The molecule has 0 amide bonds. The second-order valence-electron chi connectivity index (χ2n) is 10.4. The molecular formula is C29H36F2N4O4. The fourth-order valence-electron chi connectivity index (χ4n) is 5.19. The molecule has 0 bridgehead atoms. The molecule has 10 heteroatoms. The number of nitrogens with zero attached hydrogens (tertiary/aromatic N) is 2. The summed E-state index contributed by atoms with van der Waals surface area (Å²) in [6, 6.07) is 7.78. The zero-order valence-corrected chi connectivity index (χ0v) is 22.6. The van der Waals surface area contributed by atoms with Crippen molar-refractivity contribution in [1.82, 2.24) is 9.97 Å². The van der Waals surface area contributed by atoms with E-state index in [1.165, 1.54) is 12.1 Å². The van der Waals surface area contributed by atoms with Crippen molar-refractivity contribution in [2.45, 2.75) is 70.1 Å². The number of halogens is 2. The number of nitrogens with two attached hydrogens (primary N) is 1. The average Bonchev–Trinajstić information content (AvgIpc) is 3.62. The van der Waals surface area contributed by atoms with E-state index in [-0.39, 0.29) is 29.5 Å². The van der Waals surface area contributed by atoms with Gasteiger partial charge in [-0.15, -0.1) is 0 Å². The second-order valence-corrected chi connectivity index (χ2v) is 10.4. The molecule has 2 heterocycles. The van der Waals surface area contributed by atoms with Gasteiger partial charge in [0, 0.05) is 29.1 Å². The Kier molecular flexibility index (Phi) is 8.04. The van der Waals surface area contributed by atoms with Crippen LogP contribution in [-0.2, 0) is 15.4 Å². The van der Waals surface area contributed by atoms with Gasteiger partial charge in [-0.2, -0.15) is 8.78 Å². The van der Waals surface area contributed by atoms with Crippen LogP contribution in [0.2, 0.25) is 0 Å². The van der Waals surface area contributed by atoms with E-state index < -0.39 is 12.5 Å². The van der Waals surface area contributed by atoms with Crippen molar-refractivity contribution in [2.75, 3.05) is 38.0 Å². The number of fused-ring (bicyclic) bond motifs is 1. The minimum Gasteiger partial charge on any atom is -0.493 e. The molecule has 2 fully saturated rings. The van der Waals surface area contributed by atoms with Crippen LogP contribution in [-0.4, -0.2) is 49.1 Å². The summed E-state index contributed by atoms with van der Waals surface area (Å²) >= 11 is 0. The molecule has 2 aromatic carbocycles. The molecule has 0 spiro atoms. The maximum absolute atomic E-state index is 15.1. The molecule has 3 aromatic rings. The van der Waals surface area contributed by atoms with Crippen molar-refractivity contribution < 1.29 is 27.7 Å². The van der Waals surface area contributed by atoms with E-state index in [9.17, 15) is 0 Å². The van der Waals surface area contributed by atoms with Crippen LogP contribution in [0.1, 0.15) is 62.0 Å². The van der Waals surface area contributed by atoms with Crippen LogP contribution >= 0.6 is 0 Å². The van der Waals surface area contributed by atoms with Gasteiger partial charge in [0.05, 0.1) is 38.0 Å². The molecule has 39 heavy (non-hydrogen) atoms. The Balaban J connectivity index is 1.41. The lowest BCUT2D eigenvalue weighted by atomic mass is 10.00. The highest BCUT2D eigenvalue weighted by atomic mass is 19.3. The Morgan fingerprint density at radius 2 is 1.87 bits per heavy atom. The number of alkyl halides is 2. The first kappa shape index (κ1) is 27.3. The maximum atomic E-state index is 15.1. The topological polar surface area (TPSA) is 101 Å². The number of anilines is 2. The number of nitrogens with one attached hydrogen (secondary N) is 1. The van der Waals surface area contributed by atoms with E-state index in [4.69, 9.17) is 24.7 Å². The average molecular weight is 543 g/mol. The van der Waals surface area contributed by atoms with E-state index in [2.05, 4.69) is 15.3 Å². The minimum absolute atomic E-state index is 0.0666. The third-order valence-electron chi connectivity index (χ3n) is 7.33. The standard InChI is InChI=1S/C29H36F2N4O4/c1-17(19-10-20(12-21(32)11-19)29(30,31)16-38-22-6-4-5-7-22)33-28-24-13-27(39-23-8-9-37-15-23)26(36-3)14-25(24)34-18(2)35-28/h10-14,17,22-23H,4-9,15-16,32H2,1-3H3,(H,33,34,35)/t17-,23+/m1/s1. The van der Waals surface area contributed by atoms with Gasteiger partial charge in [-0.3, -0.25) is 0 Å². The first-order chi connectivity index (χ1) is 18.7. The van der Waals surface area contributed by atoms with E-state index in [0.717, 1.165) is 37.5 Å². The molecule has 1 aliphatic heterocycles. The number of ether oxygens (including phenoxy) is 4. The molecule has 1 saturated heterocycles. The molecule has 3 N–H and O–H groups in total. The number of hydrogen-bond acceptors (Lipinski definition) is 8. The Labute approximate surface area is 227 Å². The van der Waals surface area contributed by atoms with Gasteiger partial charge in [0.15, 0.2) is 11.5 Å². The van der Waals surface area contributed by atoms with Gasteiger partial charge in [0.2, 0.25) is 0 Å². The number of hydrogen-bond donors (Lipinski definition) is 2. The maximum Gasteiger partial charge on any atom is 0.296 e. The van der Waals surface area contributed by atoms with Gasteiger partial charge in [-0.05, 0) is 56.5 Å². The molecular weight excluding hydrogens is 506 g/mol. The van der Waals surface area contributed by atoms with Crippen LogP contribution in [0.4, 0.5) is 20.3 Å². The quantitative estimate of drug-likeness (QED) is 0.305. The SMILES string of the molecule is COc1cc2nc(C)nc(N[C@H](C)c3cc(N)cc(C(F)(F)COC4CCCC4)c3)c2cc1O[C@H]1CCOC1. The fourth-order valence-corrected chi connectivity index (χ4v) is 5.19. The Morgan fingerprint density at radius 3 is 2.59 bits per heavy atom. The number of aromatic nitrogens is 2. The van der Waals surface area contributed by atoms with Crippen molar-refractivity contribution in [1.29, 1.82) is 0 Å². The largest absolute Gasteiger partial charge is 0.493 e. The van der Waals surface area contributed by atoms with E-state index in [1.54, 1.807) is 20.1 Å².